The van der Waals surface area contributed by atoms with Crippen LogP contribution >= 0.6 is 0 Å². The van der Waals surface area contributed by atoms with E-state index in [1.54, 1.807) is 0 Å². The number of carboxylic acids is 2. The Labute approximate surface area is 65.7 Å². The first-order valence-electron chi connectivity index (χ1n) is 2.78. The van der Waals surface area contributed by atoms with E-state index in [4.69, 9.17) is 10.2 Å². The number of hydrogen-bond donors (Lipinski definition) is 2. The molecule has 0 aromatic rings. The summed E-state index contributed by atoms with van der Waals surface area (Å²) < 4.78 is 0. The lowest BCUT2D eigenvalue weighted by molar-refractivity contribution is -0.133. The van der Waals surface area contributed by atoms with Crippen molar-refractivity contribution < 1.29 is 19.8 Å². The van der Waals surface area contributed by atoms with Gasteiger partial charge in [-0.2, -0.15) is 0 Å². The molecule has 0 fully saturated rings. The SMILES string of the molecule is O=C(O)C1=C[N+]=NN=C1C(=O)O. The van der Waals surface area contributed by atoms with Crippen LogP contribution in [0.2, 0.25) is 0 Å². The Bertz CT molecular complexity index is 296. The number of carbonyl (C=O) groups is 2. The minimum absolute atomic E-state index is 0.475. The maximum absolute atomic E-state index is 10.4. The number of aliphatic carboxylic acids is 2. The lowest BCUT2D eigenvalue weighted by atomic mass is 10.2. The van der Waals surface area contributed by atoms with Crippen LogP contribution in [-0.2, 0) is 9.59 Å². The van der Waals surface area contributed by atoms with Crippen LogP contribution in [0.3, 0.4) is 0 Å². The third-order valence-corrected chi connectivity index (χ3v) is 1.07. The molecule has 1 aliphatic heterocycles. The molecule has 1 aliphatic rings. The molecule has 0 unspecified atom stereocenters. The summed E-state index contributed by atoms with van der Waals surface area (Å²) in [5.41, 5.74) is -1.09. The molecule has 7 heteroatoms. The van der Waals surface area contributed by atoms with Gasteiger partial charge in [0.05, 0.1) is 10.2 Å². The number of rotatable bonds is 2. The Morgan fingerprint density at radius 2 is 2.00 bits per heavy atom. The van der Waals surface area contributed by atoms with Gasteiger partial charge in [0.2, 0.25) is 0 Å². The van der Waals surface area contributed by atoms with Crippen molar-refractivity contribution in [3.63, 3.8) is 0 Å². The molecule has 1 heterocycles. The summed E-state index contributed by atoms with van der Waals surface area (Å²) in [7, 11) is 0. The fraction of sp³-hybridized carbons (Fsp3) is 0. The van der Waals surface area contributed by atoms with Crippen LogP contribution in [0.15, 0.2) is 22.1 Å². The Kier molecular flexibility index (Phi) is 1.95. The van der Waals surface area contributed by atoms with Crippen LogP contribution in [0.5, 0.6) is 0 Å². The van der Waals surface area contributed by atoms with Gasteiger partial charge < -0.3 is 10.2 Å². The zero-order chi connectivity index (χ0) is 9.14. The van der Waals surface area contributed by atoms with Gasteiger partial charge in [-0.15, -0.1) is 0 Å². The highest BCUT2D eigenvalue weighted by atomic mass is 16.4. The second kappa shape index (κ2) is 2.91. The van der Waals surface area contributed by atoms with Gasteiger partial charge in [0.25, 0.3) is 0 Å². The summed E-state index contributed by atoms with van der Waals surface area (Å²) in [6, 6.07) is 0. The van der Waals surface area contributed by atoms with E-state index in [9.17, 15) is 9.59 Å². The highest BCUT2D eigenvalue weighted by Gasteiger charge is 2.31. The normalized spacial score (nSPS) is 15.0. The van der Waals surface area contributed by atoms with E-state index in [1.165, 1.54) is 0 Å². The minimum Gasteiger partial charge on any atom is -0.477 e. The average molecular weight is 169 g/mol. The topological polar surface area (TPSA) is 113 Å². The summed E-state index contributed by atoms with van der Waals surface area (Å²) >= 11 is 0. The molecule has 2 N–H and O–H groups in total. The van der Waals surface area contributed by atoms with Gasteiger partial charge in [0.15, 0.2) is 17.0 Å². The molecule has 61 valence electrons. The van der Waals surface area contributed by atoms with Gasteiger partial charge in [-0.1, -0.05) is 0 Å². The lowest BCUT2D eigenvalue weighted by Gasteiger charge is -1.92. The predicted octanol–water partition coefficient (Wildman–Crippen LogP) is -0.803. The third-order valence-electron chi connectivity index (χ3n) is 1.07. The van der Waals surface area contributed by atoms with E-state index in [2.05, 4.69) is 15.4 Å². The van der Waals surface area contributed by atoms with Crippen LogP contribution < -0.4 is 5.11 Å². The quantitative estimate of drug-likeness (QED) is 0.562. The molecule has 1 rings (SSSR count). The van der Waals surface area contributed by atoms with Gasteiger partial charge in [0, 0.05) is 0 Å². The van der Waals surface area contributed by atoms with Gasteiger partial charge in [-0.05, 0) is 0 Å². The molecular formula is C5H3N3O4+. The monoisotopic (exact) mass is 169 g/mol. The molecule has 0 bridgehead atoms. The molecular weight excluding hydrogens is 166 g/mol. The summed E-state index contributed by atoms with van der Waals surface area (Å²) in [6.45, 7) is 0. The molecule has 0 saturated heterocycles. The zero-order valence-electron chi connectivity index (χ0n) is 5.63. The Balaban J connectivity index is 3.09. The fourth-order valence-corrected chi connectivity index (χ4v) is 0.584. The molecule has 12 heavy (non-hydrogen) atoms. The van der Waals surface area contributed by atoms with E-state index in [0.717, 1.165) is 6.20 Å². The number of hydrogen-bond acceptors (Lipinski definition) is 5. The summed E-state index contributed by atoms with van der Waals surface area (Å²) in [6.07, 6.45) is 0.832. The lowest BCUT2D eigenvalue weighted by Crippen LogP contribution is -2.22. The van der Waals surface area contributed by atoms with Crippen LogP contribution in [-0.4, -0.2) is 27.9 Å². The first kappa shape index (κ1) is 8.05. The molecule has 0 aromatic heterocycles. The van der Waals surface area contributed by atoms with E-state index in [0.29, 0.717) is 0 Å². The fourth-order valence-electron chi connectivity index (χ4n) is 0.584. The number of nitrogens with zero attached hydrogens (tertiary/aromatic N) is 3. The second-order valence-corrected chi connectivity index (χ2v) is 1.81. The van der Waals surface area contributed by atoms with Crippen molar-refractivity contribution in [1.82, 2.24) is 5.11 Å². The van der Waals surface area contributed by atoms with Crippen molar-refractivity contribution in [2.75, 3.05) is 0 Å². The van der Waals surface area contributed by atoms with Crippen molar-refractivity contribution in [2.45, 2.75) is 0 Å². The molecule has 0 aliphatic carbocycles. The predicted molar refractivity (Wildman–Crippen MR) is 35.4 cm³/mol. The summed E-state index contributed by atoms with van der Waals surface area (Å²) in [4.78, 5) is 20.7. The van der Waals surface area contributed by atoms with Crippen LogP contribution in [0.4, 0.5) is 0 Å². The molecule has 0 saturated carbocycles. The largest absolute Gasteiger partial charge is 0.477 e. The molecule has 7 nitrogen and oxygen atoms in total. The molecule has 1 radical (unpaired) electrons. The van der Waals surface area contributed by atoms with Crippen molar-refractivity contribution >= 4 is 17.7 Å². The zero-order valence-corrected chi connectivity index (χ0v) is 5.63. The molecule has 0 spiro atoms. The summed E-state index contributed by atoms with van der Waals surface area (Å²) in [5.74, 6) is -2.84. The van der Waals surface area contributed by atoms with Crippen molar-refractivity contribution in [3.05, 3.63) is 11.8 Å². The van der Waals surface area contributed by atoms with Gasteiger partial charge >= 0.3 is 17.7 Å². The smallest absolute Gasteiger partial charge is 0.384 e. The average Bonchev–Trinajstić information content (AvgIpc) is 2.04. The van der Waals surface area contributed by atoms with E-state index in [1.807, 2.05) is 0 Å². The Hall–Kier alpha value is -2.05. The molecule has 0 atom stereocenters. The van der Waals surface area contributed by atoms with Crippen molar-refractivity contribution in [3.8, 4) is 0 Å². The second-order valence-electron chi connectivity index (χ2n) is 1.81. The standard InChI is InChI=1S/C5H3N3O4/c9-4(10)2-1-6-8-7-3(2)5(11)12/h1H,(H,9,10)(H,11,12)/q+1. The van der Waals surface area contributed by atoms with Crippen molar-refractivity contribution in [2.24, 2.45) is 10.3 Å². The Morgan fingerprint density at radius 1 is 1.33 bits per heavy atom. The third kappa shape index (κ3) is 1.34. The van der Waals surface area contributed by atoms with E-state index in [-0.39, 0.29) is 0 Å². The summed E-state index contributed by atoms with van der Waals surface area (Å²) in [5, 5.41) is 26.1. The van der Waals surface area contributed by atoms with Gasteiger partial charge in [-0.25, -0.2) is 9.59 Å². The first-order chi connectivity index (χ1) is 5.63. The van der Waals surface area contributed by atoms with Gasteiger partial charge in [-0.3, -0.25) is 0 Å². The van der Waals surface area contributed by atoms with Crippen LogP contribution in [0, 0.1) is 0 Å². The molecule has 0 aromatic carbocycles. The van der Waals surface area contributed by atoms with E-state index >= 15 is 0 Å². The first-order valence-corrected chi connectivity index (χ1v) is 2.78. The van der Waals surface area contributed by atoms with Gasteiger partial charge in [0.1, 0.15) is 0 Å². The van der Waals surface area contributed by atoms with Crippen LogP contribution in [0.1, 0.15) is 0 Å². The highest BCUT2D eigenvalue weighted by molar-refractivity contribution is 6.48. The Morgan fingerprint density at radius 3 is 2.42 bits per heavy atom. The van der Waals surface area contributed by atoms with Crippen LogP contribution in [0.25, 0.3) is 0 Å². The minimum atomic E-state index is -1.44. The van der Waals surface area contributed by atoms with Crippen molar-refractivity contribution in [1.29, 1.82) is 0 Å². The molecule has 0 amide bonds. The maximum atomic E-state index is 10.4. The van der Waals surface area contributed by atoms with E-state index < -0.39 is 23.2 Å². The number of carboxylic acid groups (broad SMARTS) is 2. The maximum Gasteiger partial charge on any atom is 0.384 e. The highest BCUT2D eigenvalue weighted by Crippen LogP contribution is 2.02.